The molecular formula is C16H18N2OS. The predicted molar refractivity (Wildman–Crippen MR) is 82.2 cm³/mol. The predicted octanol–water partition coefficient (Wildman–Crippen LogP) is 3.03. The number of carbonyl (C=O) groups excluding carboxylic acids is 1. The second kappa shape index (κ2) is 4.55. The molecule has 1 amide bonds. The van der Waals surface area contributed by atoms with Gasteiger partial charge in [-0.05, 0) is 48.9 Å². The van der Waals surface area contributed by atoms with E-state index in [0.717, 1.165) is 18.1 Å². The topological polar surface area (TPSA) is 44.9 Å². The summed E-state index contributed by atoms with van der Waals surface area (Å²) >= 11 is 2.02. The molecule has 0 radical (unpaired) electrons. The first-order valence-electron chi connectivity index (χ1n) is 7.26. The zero-order chi connectivity index (χ0) is 13.7. The van der Waals surface area contributed by atoms with Crippen LogP contribution in [0.25, 0.3) is 10.9 Å². The lowest BCUT2D eigenvalue weighted by atomic mass is 9.89. The summed E-state index contributed by atoms with van der Waals surface area (Å²) in [6.45, 7) is 1.60. The first-order chi connectivity index (χ1) is 9.70. The summed E-state index contributed by atoms with van der Waals surface area (Å²) in [5.41, 5.74) is 4.01. The molecule has 1 atom stereocenters. The molecule has 2 aliphatic rings. The van der Waals surface area contributed by atoms with Crippen molar-refractivity contribution in [3.8, 4) is 0 Å². The van der Waals surface area contributed by atoms with E-state index in [-0.39, 0.29) is 11.9 Å². The van der Waals surface area contributed by atoms with Gasteiger partial charge in [-0.25, -0.2) is 0 Å². The quantitative estimate of drug-likeness (QED) is 0.911. The molecule has 1 aromatic carbocycles. The van der Waals surface area contributed by atoms with Crippen LogP contribution < -0.4 is 5.32 Å². The molecule has 3 nitrogen and oxygen atoms in total. The van der Waals surface area contributed by atoms with Crippen molar-refractivity contribution in [3.05, 3.63) is 29.5 Å². The Morgan fingerprint density at radius 2 is 2.20 bits per heavy atom. The number of aromatic amines is 1. The van der Waals surface area contributed by atoms with E-state index in [0.29, 0.717) is 0 Å². The largest absolute Gasteiger partial charge is 0.361 e. The van der Waals surface area contributed by atoms with Gasteiger partial charge in [0.1, 0.15) is 0 Å². The number of nitrogens with one attached hydrogen (secondary N) is 2. The maximum Gasteiger partial charge on any atom is 0.217 e. The lowest BCUT2D eigenvalue weighted by Gasteiger charge is -2.25. The minimum absolute atomic E-state index is 0.0672. The third-order valence-electron chi connectivity index (χ3n) is 4.14. The fraction of sp³-hybridized carbons (Fsp3) is 0.438. The number of hydrogen-bond donors (Lipinski definition) is 2. The van der Waals surface area contributed by atoms with E-state index in [4.69, 9.17) is 0 Å². The van der Waals surface area contributed by atoms with Crippen LogP contribution in [0, 0.1) is 0 Å². The minimum atomic E-state index is 0.0672. The van der Waals surface area contributed by atoms with Gasteiger partial charge in [-0.3, -0.25) is 4.79 Å². The minimum Gasteiger partial charge on any atom is -0.361 e. The molecule has 0 saturated heterocycles. The summed E-state index contributed by atoms with van der Waals surface area (Å²) in [7, 11) is 0. The van der Waals surface area contributed by atoms with E-state index in [1.165, 1.54) is 39.8 Å². The molecule has 1 heterocycles. The van der Waals surface area contributed by atoms with Crippen LogP contribution in [0.5, 0.6) is 0 Å². The summed E-state index contributed by atoms with van der Waals surface area (Å²) in [5.74, 6) is 0.0672. The molecular weight excluding hydrogens is 268 g/mol. The monoisotopic (exact) mass is 286 g/mol. The van der Waals surface area contributed by atoms with E-state index in [2.05, 4.69) is 28.6 Å². The van der Waals surface area contributed by atoms with E-state index in [9.17, 15) is 4.79 Å². The second-order valence-corrected chi connectivity index (χ2v) is 7.24. The maximum atomic E-state index is 11.4. The van der Waals surface area contributed by atoms with Crippen LogP contribution in [0.15, 0.2) is 23.2 Å². The van der Waals surface area contributed by atoms with E-state index in [1.807, 2.05) is 11.8 Å². The summed E-state index contributed by atoms with van der Waals surface area (Å²) in [5, 5.41) is 5.30. The van der Waals surface area contributed by atoms with Gasteiger partial charge >= 0.3 is 0 Å². The molecule has 1 fully saturated rings. The summed E-state index contributed by atoms with van der Waals surface area (Å²) in [6, 6.07) is 4.68. The molecule has 0 spiro atoms. The van der Waals surface area contributed by atoms with Crippen molar-refractivity contribution in [1.82, 2.24) is 10.3 Å². The van der Waals surface area contributed by atoms with Gasteiger partial charge in [-0.15, -0.1) is 11.8 Å². The summed E-state index contributed by atoms with van der Waals surface area (Å²) in [6.07, 6.45) is 6.68. The highest BCUT2D eigenvalue weighted by molar-refractivity contribution is 8.00. The first-order valence-corrected chi connectivity index (χ1v) is 8.14. The van der Waals surface area contributed by atoms with Crippen LogP contribution in [0.3, 0.4) is 0 Å². The van der Waals surface area contributed by atoms with Crippen LogP contribution in [0.4, 0.5) is 0 Å². The van der Waals surface area contributed by atoms with E-state index < -0.39 is 0 Å². The van der Waals surface area contributed by atoms with E-state index in [1.54, 1.807) is 6.92 Å². The average Bonchev–Trinajstić information content (AvgIpc) is 3.12. The van der Waals surface area contributed by atoms with Crippen molar-refractivity contribution in [2.45, 2.75) is 48.8 Å². The first kappa shape index (κ1) is 12.3. The molecule has 0 aliphatic heterocycles. The Morgan fingerprint density at radius 1 is 1.35 bits per heavy atom. The molecule has 4 rings (SSSR count). The van der Waals surface area contributed by atoms with Gasteiger partial charge in [-0.2, -0.15) is 0 Å². The van der Waals surface area contributed by atoms with Gasteiger partial charge in [-0.1, -0.05) is 0 Å². The zero-order valence-electron chi connectivity index (χ0n) is 11.5. The number of carbonyl (C=O) groups is 1. The fourth-order valence-corrected chi connectivity index (χ4v) is 4.37. The maximum absolute atomic E-state index is 11.4. The molecule has 1 unspecified atom stereocenters. The molecule has 2 aromatic rings. The lowest BCUT2D eigenvalue weighted by molar-refractivity contribution is -0.119. The Balaban J connectivity index is 1.76. The SMILES string of the molecule is CC(=O)NC1Cc2c[nH]c3ccc(SC4CC4)c(c23)C1. The molecule has 2 aliphatic carbocycles. The van der Waals surface area contributed by atoms with Gasteiger partial charge in [0, 0.05) is 40.2 Å². The molecule has 4 heteroatoms. The fourth-order valence-electron chi connectivity index (χ4n) is 3.17. The number of aromatic nitrogens is 1. The van der Waals surface area contributed by atoms with Crippen LogP contribution in [-0.2, 0) is 17.6 Å². The highest BCUT2D eigenvalue weighted by atomic mass is 32.2. The summed E-state index contributed by atoms with van der Waals surface area (Å²) in [4.78, 5) is 16.1. The number of rotatable bonds is 3. The van der Waals surface area contributed by atoms with Gasteiger partial charge < -0.3 is 10.3 Å². The average molecular weight is 286 g/mol. The van der Waals surface area contributed by atoms with Crippen LogP contribution in [0.2, 0.25) is 0 Å². The number of amides is 1. The molecule has 2 N–H and O–H groups in total. The third-order valence-corrected chi connectivity index (χ3v) is 5.58. The van der Waals surface area contributed by atoms with Gasteiger partial charge in [0.15, 0.2) is 0 Å². The van der Waals surface area contributed by atoms with Gasteiger partial charge in [0.05, 0.1) is 0 Å². The molecule has 20 heavy (non-hydrogen) atoms. The van der Waals surface area contributed by atoms with Crippen LogP contribution in [0.1, 0.15) is 30.9 Å². The standard InChI is InChI=1S/C16H18N2OS/c1-9(19)18-11-6-10-8-17-14-4-5-15(20-12-2-3-12)13(7-11)16(10)14/h4-5,8,11-12,17H,2-3,6-7H2,1H3,(H,18,19). The molecule has 104 valence electrons. The molecule has 1 aromatic heterocycles. The summed E-state index contributed by atoms with van der Waals surface area (Å²) < 4.78 is 0. The third kappa shape index (κ3) is 2.12. The van der Waals surface area contributed by atoms with Crippen molar-refractivity contribution in [3.63, 3.8) is 0 Å². The van der Waals surface area contributed by atoms with Crippen molar-refractivity contribution in [2.24, 2.45) is 0 Å². The normalized spacial score (nSPS) is 21.1. The molecule has 1 saturated carbocycles. The van der Waals surface area contributed by atoms with Gasteiger partial charge in [0.25, 0.3) is 0 Å². The van der Waals surface area contributed by atoms with E-state index >= 15 is 0 Å². The number of H-pyrrole nitrogens is 1. The van der Waals surface area contributed by atoms with Crippen LogP contribution >= 0.6 is 11.8 Å². The number of hydrogen-bond acceptors (Lipinski definition) is 2. The van der Waals surface area contributed by atoms with Crippen LogP contribution in [-0.4, -0.2) is 22.2 Å². The molecule has 0 bridgehead atoms. The highest BCUT2D eigenvalue weighted by Crippen LogP contribution is 2.44. The number of thioether (sulfide) groups is 1. The van der Waals surface area contributed by atoms with Crippen molar-refractivity contribution >= 4 is 28.6 Å². The Bertz CT molecular complexity index is 687. The van der Waals surface area contributed by atoms with Gasteiger partial charge in [0.2, 0.25) is 5.91 Å². The Kier molecular flexibility index (Phi) is 2.81. The second-order valence-electron chi connectivity index (χ2n) is 5.90. The van der Waals surface area contributed by atoms with Crippen molar-refractivity contribution in [1.29, 1.82) is 0 Å². The van der Waals surface area contributed by atoms with Crippen molar-refractivity contribution in [2.75, 3.05) is 0 Å². The Hall–Kier alpha value is -1.42. The highest BCUT2D eigenvalue weighted by Gasteiger charge is 2.28. The van der Waals surface area contributed by atoms with Crippen molar-refractivity contribution < 1.29 is 4.79 Å². The lowest BCUT2D eigenvalue weighted by Crippen LogP contribution is -2.38. The zero-order valence-corrected chi connectivity index (χ0v) is 12.3. The Morgan fingerprint density at radius 3 is 2.95 bits per heavy atom. The smallest absolute Gasteiger partial charge is 0.217 e. The number of benzene rings is 1. The Labute approximate surface area is 122 Å².